The fourth-order valence-corrected chi connectivity index (χ4v) is 2.38. The molecule has 2 heterocycles. The largest absolute Gasteiger partial charge is 0.385 e. The average molecular weight is 292 g/mol. The van der Waals surface area contributed by atoms with Crippen molar-refractivity contribution in [2.45, 2.75) is 13.0 Å². The van der Waals surface area contributed by atoms with Crippen LogP contribution in [0.5, 0.6) is 0 Å². The minimum absolute atomic E-state index is 0.0367. The Morgan fingerprint density at radius 1 is 1.29 bits per heavy atom. The lowest BCUT2D eigenvalue weighted by molar-refractivity contribution is 0.134. The molecule has 6 nitrogen and oxygen atoms in total. The second-order valence-electron chi connectivity index (χ2n) is 5.20. The number of piperazine rings is 1. The number of hydrogen-bond acceptors (Lipinski definition) is 4. The van der Waals surface area contributed by atoms with E-state index in [9.17, 15) is 4.79 Å². The normalized spacial score (nSPS) is 16.0. The van der Waals surface area contributed by atoms with E-state index >= 15 is 0 Å². The number of aromatic nitrogens is 1. The Labute approximate surface area is 126 Å². The molecule has 1 saturated heterocycles. The van der Waals surface area contributed by atoms with Gasteiger partial charge in [0.2, 0.25) is 0 Å². The number of pyridine rings is 1. The maximum Gasteiger partial charge on any atom is 0.317 e. The average Bonchev–Trinajstić information content (AvgIpc) is 2.53. The number of nitrogens with zero attached hydrogens (tertiary/aromatic N) is 3. The number of carbonyl (C=O) groups is 1. The van der Waals surface area contributed by atoms with Crippen molar-refractivity contribution in [3.8, 4) is 0 Å². The van der Waals surface area contributed by atoms with Gasteiger partial charge < -0.3 is 15.0 Å². The molecule has 1 N–H and O–H groups in total. The number of amides is 2. The first kappa shape index (κ1) is 15.7. The minimum Gasteiger partial charge on any atom is -0.385 e. The second-order valence-corrected chi connectivity index (χ2v) is 5.20. The van der Waals surface area contributed by atoms with E-state index in [1.165, 1.54) is 5.56 Å². The van der Waals surface area contributed by atoms with Crippen LogP contribution in [-0.2, 0) is 11.3 Å². The van der Waals surface area contributed by atoms with E-state index in [0.717, 1.165) is 39.1 Å². The molecule has 1 aliphatic heterocycles. The number of carbonyl (C=O) groups excluding carboxylic acids is 1. The standard InChI is InChI=1S/C15H24N4O2/c1-21-12-2-5-17-15(20)19-10-8-18(9-11-19)13-14-3-6-16-7-4-14/h3-4,6-7H,2,5,8-13H2,1H3,(H,17,20). The van der Waals surface area contributed by atoms with Crippen molar-refractivity contribution < 1.29 is 9.53 Å². The summed E-state index contributed by atoms with van der Waals surface area (Å²) in [6, 6.07) is 4.11. The Bertz CT molecular complexity index is 419. The highest BCUT2D eigenvalue weighted by molar-refractivity contribution is 5.74. The van der Waals surface area contributed by atoms with Crippen LogP contribution in [0.4, 0.5) is 4.79 Å². The molecular weight excluding hydrogens is 268 g/mol. The van der Waals surface area contributed by atoms with Gasteiger partial charge in [0, 0.05) is 65.4 Å². The first-order valence-electron chi connectivity index (χ1n) is 7.42. The molecular formula is C15H24N4O2. The van der Waals surface area contributed by atoms with Gasteiger partial charge in [-0.15, -0.1) is 0 Å². The van der Waals surface area contributed by atoms with Crippen LogP contribution in [0.1, 0.15) is 12.0 Å². The number of nitrogens with one attached hydrogen (secondary N) is 1. The SMILES string of the molecule is COCCCNC(=O)N1CCN(Cc2ccncc2)CC1. The van der Waals surface area contributed by atoms with Crippen molar-refractivity contribution in [1.82, 2.24) is 20.1 Å². The number of urea groups is 1. The van der Waals surface area contributed by atoms with Gasteiger partial charge in [0.25, 0.3) is 0 Å². The molecule has 1 fully saturated rings. The molecule has 0 atom stereocenters. The molecule has 116 valence electrons. The molecule has 1 aromatic heterocycles. The summed E-state index contributed by atoms with van der Waals surface area (Å²) in [7, 11) is 1.67. The quantitative estimate of drug-likeness (QED) is 0.793. The summed E-state index contributed by atoms with van der Waals surface area (Å²) in [4.78, 5) is 20.3. The molecule has 2 rings (SSSR count). The highest BCUT2D eigenvalue weighted by Gasteiger charge is 2.20. The summed E-state index contributed by atoms with van der Waals surface area (Å²) in [5.41, 5.74) is 1.27. The zero-order chi connectivity index (χ0) is 14.9. The Morgan fingerprint density at radius 3 is 2.67 bits per heavy atom. The summed E-state index contributed by atoms with van der Waals surface area (Å²) < 4.78 is 4.96. The van der Waals surface area contributed by atoms with Crippen molar-refractivity contribution >= 4 is 6.03 Å². The number of ether oxygens (including phenoxy) is 1. The minimum atomic E-state index is 0.0367. The zero-order valence-electron chi connectivity index (χ0n) is 12.6. The van der Waals surface area contributed by atoms with Crippen LogP contribution >= 0.6 is 0 Å². The van der Waals surface area contributed by atoms with Crippen molar-refractivity contribution in [1.29, 1.82) is 0 Å². The lowest BCUT2D eigenvalue weighted by Gasteiger charge is -2.34. The Kier molecular flexibility index (Phi) is 6.43. The predicted molar refractivity (Wildman–Crippen MR) is 81.0 cm³/mol. The maximum atomic E-state index is 12.0. The van der Waals surface area contributed by atoms with Crippen LogP contribution in [0, 0.1) is 0 Å². The van der Waals surface area contributed by atoms with E-state index in [0.29, 0.717) is 13.2 Å². The number of hydrogen-bond donors (Lipinski definition) is 1. The number of rotatable bonds is 6. The van der Waals surface area contributed by atoms with E-state index in [1.807, 2.05) is 29.4 Å². The van der Waals surface area contributed by atoms with Crippen LogP contribution in [0.15, 0.2) is 24.5 Å². The van der Waals surface area contributed by atoms with Gasteiger partial charge in [-0.2, -0.15) is 0 Å². The van der Waals surface area contributed by atoms with Gasteiger partial charge in [0.1, 0.15) is 0 Å². The highest BCUT2D eigenvalue weighted by Crippen LogP contribution is 2.07. The van der Waals surface area contributed by atoms with Crippen LogP contribution in [0.3, 0.4) is 0 Å². The molecule has 0 aliphatic carbocycles. The van der Waals surface area contributed by atoms with Crippen LogP contribution < -0.4 is 5.32 Å². The molecule has 6 heteroatoms. The van der Waals surface area contributed by atoms with E-state index in [1.54, 1.807) is 7.11 Å². The third kappa shape index (κ3) is 5.32. The van der Waals surface area contributed by atoms with E-state index in [-0.39, 0.29) is 6.03 Å². The van der Waals surface area contributed by atoms with Gasteiger partial charge in [0.15, 0.2) is 0 Å². The first-order valence-corrected chi connectivity index (χ1v) is 7.42. The molecule has 0 bridgehead atoms. The summed E-state index contributed by atoms with van der Waals surface area (Å²) in [6.07, 6.45) is 4.49. The van der Waals surface area contributed by atoms with Crippen molar-refractivity contribution in [2.75, 3.05) is 46.4 Å². The molecule has 0 radical (unpaired) electrons. The van der Waals surface area contributed by atoms with Gasteiger partial charge in [0.05, 0.1) is 0 Å². The van der Waals surface area contributed by atoms with E-state index in [2.05, 4.69) is 15.2 Å². The van der Waals surface area contributed by atoms with Crippen molar-refractivity contribution in [2.24, 2.45) is 0 Å². The van der Waals surface area contributed by atoms with Gasteiger partial charge in [-0.25, -0.2) is 4.79 Å². The van der Waals surface area contributed by atoms with Gasteiger partial charge in [-0.1, -0.05) is 0 Å². The lowest BCUT2D eigenvalue weighted by Crippen LogP contribution is -2.51. The third-order valence-electron chi connectivity index (χ3n) is 3.62. The molecule has 2 amide bonds. The van der Waals surface area contributed by atoms with E-state index in [4.69, 9.17) is 4.74 Å². The van der Waals surface area contributed by atoms with Crippen LogP contribution in [0.2, 0.25) is 0 Å². The molecule has 21 heavy (non-hydrogen) atoms. The first-order chi connectivity index (χ1) is 10.3. The van der Waals surface area contributed by atoms with Crippen LogP contribution in [-0.4, -0.2) is 67.3 Å². The lowest BCUT2D eigenvalue weighted by atomic mass is 10.2. The number of methoxy groups -OCH3 is 1. The predicted octanol–water partition coefficient (Wildman–Crippen LogP) is 0.945. The molecule has 1 aliphatic rings. The van der Waals surface area contributed by atoms with Crippen LogP contribution in [0.25, 0.3) is 0 Å². The summed E-state index contributed by atoms with van der Waals surface area (Å²) in [6.45, 7) is 5.65. The molecule has 1 aromatic rings. The molecule has 0 unspecified atom stereocenters. The smallest absolute Gasteiger partial charge is 0.317 e. The topological polar surface area (TPSA) is 57.7 Å². The summed E-state index contributed by atoms with van der Waals surface area (Å²) in [5, 5.41) is 2.93. The summed E-state index contributed by atoms with van der Waals surface area (Å²) in [5.74, 6) is 0. The van der Waals surface area contributed by atoms with E-state index < -0.39 is 0 Å². The van der Waals surface area contributed by atoms with Crippen molar-refractivity contribution in [3.05, 3.63) is 30.1 Å². The molecule has 0 aromatic carbocycles. The molecule has 0 spiro atoms. The molecule has 0 saturated carbocycles. The Balaban J connectivity index is 1.67. The fraction of sp³-hybridized carbons (Fsp3) is 0.600. The van der Waals surface area contributed by atoms with Gasteiger partial charge in [-0.05, 0) is 24.1 Å². The fourth-order valence-electron chi connectivity index (χ4n) is 2.38. The monoisotopic (exact) mass is 292 g/mol. The van der Waals surface area contributed by atoms with Gasteiger partial charge in [-0.3, -0.25) is 9.88 Å². The summed E-state index contributed by atoms with van der Waals surface area (Å²) >= 11 is 0. The van der Waals surface area contributed by atoms with Crippen molar-refractivity contribution in [3.63, 3.8) is 0 Å². The Morgan fingerprint density at radius 2 is 2.00 bits per heavy atom. The van der Waals surface area contributed by atoms with Gasteiger partial charge >= 0.3 is 6.03 Å². The second kappa shape index (κ2) is 8.59. The highest BCUT2D eigenvalue weighted by atomic mass is 16.5. The zero-order valence-corrected chi connectivity index (χ0v) is 12.6. The maximum absolute atomic E-state index is 12.0. The Hall–Kier alpha value is -1.66. The third-order valence-corrected chi connectivity index (χ3v) is 3.62.